The van der Waals surface area contributed by atoms with Crippen LogP contribution in [0.2, 0.25) is 0 Å². The lowest BCUT2D eigenvalue weighted by molar-refractivity contribution is 0.360. The highest BCUT2D eigenvalue weighted by Crippen LogP contribution is 2.62. The van der Waals surface area contributed by atoms with Crippen molar-refractivity contribution in [2.75, 3.05) is 0 Å². The summed E-state index contributed by atoms with van der Waals surface area (Å²) in [6.07, 6.45) is 0. The minimum Gasteiger partial charge on any atom is -0.456 e. The first kappa shape index (κ1) is 36.1. The number of ether oxygens (including phenoxy) is 2. The van der Waals surface area contributed by atoms with Crippen LogP contribution in [0.25, 0.3) is 78.4 Å². The number of furan rings is 1. The van der Waals surface area contributed by atoms with E-state index in [1.807, 2.05) is 60.7 Å². The van der Waals surface area contributed by atoms with Gasteiger partial charge in [-0.25, -0.2) is 15.0 Å². The van der Waals surface area contributed by atoms with Gasteiger partial charge in [0, 0.05) is 33.0 Å². The fourth-order valence-electron chi connectivity index (χ4n) is 9.77. The zero-order valence-electron chi connectivity index (χ0n) is 34.3. The molecule has 0 spiro atoms. The number of aromatic nitrogens is 3. The molecule has 0 bridgehead atoms. The van der Waals surface area contributed by atoms with Gasteiger partial charge in [-0.3, -0.25) is 0 Å². The molecule has 0 N–H and O–H groups in total. The zero-order chi connectivity index (χ0) is 42.2. The van der Waals surface area contributed by atoms with Crippen molar-refractivity contribution in [1.82, 2.24) is 15.0 Å². The smallest absolute Gasteiger partial charge is 0.178 e. The maximum absolute atomic E-state index is 6.99. The first-order chi connectivity index (χ1) is 31.7. The third-order valence-corrected chi connectivity index (χ3v) is 12.7. The van der Waals surface area contributed by atoms with Crippen LogP contribution in [-0.2, 0) is 5.41 Å². The Morgan fingerprint density at radius 2 is 0.906 bits per heavy atom. The molecule has 1 aliphatic heterocycles. The number of fused-ring (bicyclic) bond motifs is 9. The number of hydrogen-bond donors (Lipinski definition) is 0. The molecule has 0 amide bonds. The van der Waals surface area contributed by atoms with Crippen LogP contribution in [0.3, 0.4) is 0 Å². The summed E-state index contributed by atoms with van der Waals surface area (Å²) in [6, 6.07) is 73.2. The Balaban J connectivity index is 0.870. The lowest BCUT2D eigenvalue weighted by Crippen LogP contribution is -2.28. The molecule has 1 aliphatic carbocycles. The largest absolute Gasteiger partial charge is 0.456 e. The second-order valence-electron chi connectivity index (χ2n) is 16.3. The van der Waals surface area contributed by atoms with Gasteiger partial charge in [0.1, 0.15) is 11.2 Å². The van der Waals surface area contributed by atoms with E-state index in [4.69, 9.17) is 28.8 Å². The minimum atomic E-state index is -0.542. The van der Waals surface area contributed by atoms with E-state index in [1.54, 1.807) is 0 Å². The Morgan fingerprint density at radius 3 is 1.66 bits per heavy atom. The minimum absolute atomic E-state index is 0.542. The van der Waals surface area contributed by atoms with E-state index in [0.29, 0.717) is 34.7 Å². The molecular formula is C58H35N3O3. The molecule has 2 aromatic heterocycles. The highest BCUT2D eigenvalue weighted by molar-refractivity contribution is 6.05. The summed E-state index contributed by atoms with van der Waals surface area (Å²) in [5.74, 6) is 4.49. The maximum Gasteiger partial charge on any atom is 0.178 e. The van der Waals surface area contributed by atoms with Gasteiger partial charge < -0.3 is 13.9 Å². The van der Waals surface area contributed by atoms with Crippen LogP contribution < -0.4 is 9.47 Å². The first-order valence-corrected chi connectivity index (χ1v) is 21.4. The number of rotatable bonds is 6. The van der Waals surface area contributed by atoms with Gasteiger partial charge in [0.15, 0.2) is 40.5 Å². The van der Waals surface area contributed by atoms with Crippen molar-refractivity contribution >= 4 is 21.9 Å². The van der Waals surface area contributed by atoms with E-state index in [9.17, 15) is 0 Å². The molecule has 0 saturated heterocycles. The summed E-state index contributed by atoms with van der Waals surface area (Å²) in [5.41, 5.74) is 12.7. The molecule has 6 heteroatoms. The van der Waals surface area contributed by atoms with Crippen molar-refractivity contribution < 1.29 is 13.9 Å². The summed E-state index contributed by atoms with van der Waals surface area (Å²) >= 11 is 0. The average Bonchev–Trinajstić information content (AvgIpc) is 3.90. The van der Waals surface area contributed by atoms with Gasteiger partial charge in [0.2, 0.25) is 0 Å². The fraction of sp³-hybridized carbons (Fsp3) is 0.0172. The lowest BCUT2D eigenvalue weighted by atomic mass is 9.68. The average molecular weight is 822 g/mol. The maximum atomic E-state index is 6.99. The zero-order valence-corrected chi connectivity index (χ0v) is 34.3. The number of para-hydroxylation sites is 1. The SMILES string of the molecule is c1ccc(-c2nc(-c3ccc(-c4ccc5c(c4)Oc4c(ccc6c4-c4ccccc4C6(c4ccccc4)c4ccccc4)O5)cc3)nc(-c3ccc4c(c3)oc3ccccc34)n2)cc1. The molecule has 9 aromatic carbocycles. The molecule has 0 saturated carbocycles. The number of nitrogens with zero attached hydrogens (tertiary/aromatic N) is 3. The van der Waals surface area contributed by atoms with Gasteiger partial charge in [0.25, 0.3) is 0 Å². The third-order valence-electron chi connectivity index (χ3n) is 12.7. The van der Waals surface area contributed by atoms with Crippen LogP contribution in [0, 0.1) is 0 Å². The normalized spacial score (nSPS) is 13.1. The summed E-state index contributed by atoms with van der Waals surface area (Å²) < 4.78 is 19.9. The Bertz CT molecular complexity index is 3570. The van der Waals surface area contributed by atoms with E-state index in [2.05, 4.69) is 152 Å². The van der Waals surface area contributed by atoms with Crippen molar-refractivity contribution in [2.45, 2.75) is 5.41 Å². The van der Waals surface area contributed by atoms with Crippen LogP contribution >= 0.6 is 0 Å². The Labute approximate surface area is 368 Å². The molecule has 300 valence electrons. The quantitative estimate of drug-likeness (QED) is 0.166. The van der Waals surface area contributed by atoms with E-state index < -0.39 is 5.41 Å². The monoisotopic (exact) mass is 821 g/mol. The molecule has 6 nitrogen and oxygen atoms in total. The standard InChI is InChI=1S/C58H35N3O3/c1-4-14-37(15-5-1)55-59-56(61-57(60-55)40-28-30-44-43-20-11-13-23-48(43)62-51(44)35-40)38-26-24-36(25-27-38)39-29-32-49-52(34-39)64-54-50(63-49)33-31-47-53(54)45-21-10-12-22-46(45)58(47,41-16-6-2-7-17-41)42-18-8-3-9-19-42/h1-35H. The van der Waals surface area contributed by atoms with Crippen LogP contribution in [0.1, 0.15) is 22.3 Å². The van der Waals surface area contributed by atoms with Gasteiger partial charge in [-0.15, -0.1) is 0 Å². The Kier molecular flexibility index (Phi) is 8.02. The molecule has 0 fully saturated rings. The molecule has 2 aliphatic rings. The molecule has 64 heavy (non-hydrogen) atoms. The Morgan fingerprint density at radius 1 is 0.344 bits per heavy atom. The molecule has 0 radical (unpaired) electrons. The predicted molar refractivity (Wildman–Crippen MR) is 253 cm³/mol. The van der Waals surface area contributed by atoms with Gasteiger partial charge in [0.05, 0.1) is 5.41 Å². The molecule has 11 aromatic rings. The third kappa shape index (κ3) is 5.56. The number of benzene rings is 9. The van der Waals surface area contributed by atoms with Crippen LogP contribution in [0.15, 0.2) is 217 Å². The Hall–Kier alpha value is -8.61. The van der Waals surface area contributed by atoms with Crippen molar-refractivity contribution in [3.8, 4) is 79.4 Å². The highest BCUT2D eigenvalue weighted by Gasteiger charge is 2.48. The van der Waals surface area contributed by atoms with Crippen molar-refractivity contribution in [2.24, 2.45) is 0 Å². The van der Waals surface area contributed by atoms with Gasteiger partial charge >= 0.3 is 0 Å². The second-order valence-corrected chi connectivity index (χ2v) is 16.3. The molecular weight excluding hydrogens is 787 g/mol. The van der Waals surface area contributed by atoms with E-state index >= 15 is 0 Å². The summed E-state index contributed by atoms with van der Waals surface area (Å²) in [4.78, 5) is 15.0. The van der Waals surface area contributed by atoms with E-state index in [-0.39, 0.29) is 0 Å². The van der Waals surface area contributed by atoms with Crippen LogP contribution in [-0.4, -0.2) is 15.0 Å². The molecule has 13 rings (SSSR count). The summed E-state index contributed by atoms with van der Waals surface area (Å²) in [7, 11) is 0. The van der Waals surface area contributed by atoms with E-state index in [0.717, 1.165) is 72.2 Å². The lowest BCUT2D eigenvalue weighted by Gasteiger charge is -2.34. The highest BCUT2D eigenvalue weighted by atomic mass is 16.6. The summed E-state index contributed by atoms with van der Waals surface area (Å²) in [6.45, 7) is 0. The van der Waals surface area contributed by atoms with Crippen molar-refractivity contribution in [3.05, 3.63) is 235 Å². The predicted octanol–water partition coefficient (Wildman–Crippen LogP) is 14.7. The van der Waals surface area contributed by atoms with Gasteiger partial charge in [-0.1, -0.05) is 176 Å². The molecule has 0 atom stereocenters. The van der Waals surface area contributed by atoms with Crippen molar-refractivity contribution in [1.29, 1.82) is 0 Å². The second kappa shape index (κ2) is 14.2. The van der Waals surface area contributed by atoms with Crippen LogP contribution in [0.4, 0.5) is 0 Å². The van der Waals surface area contributed by atoms with Gasteiger partial charge in [-0.05, 0) is 75.3 Å². The molecule has 0 unspecified atom stereocenters. The molecule has 3 heterocycles. The number of hydrogen-bond acceptors (Lipinski definition) is 6. The van der Waals surface area contributed by atoms with Gasteiger partial charge in [-0.2, -0.15) is 0 Å². The fourth-order valence-corrected chi connectivity index (χ4v) is 9.77. The first-order valence-electron chi connectivity index (χ1n) is 21.4. The van der Waals surface area contributed by atoms with Crippen LogP contribution in [0.5, 0.6) is 23.0 Å². The van der Waals surface area contributed by atoms with Crippen molar-refractivity contribution in [3.63, 3.8) is 0 Å². The van der Waals surface area contributed by atoms with E-state index in [1.165, 1.54) is 16.7 Å². The summed E-state index contributed by atoms with van der Waals surface area (Å²) in [5, 5.41) is 2.13. The topological polar surface area (TPSA) is 70.3 Å².